The van der Waals surface area contributed by atoms with Crippen molar-refractivity contribution in [3.8, 4) is 22.5 Å². The maximum atomic E-state index is 6.18. The Morgan fingerprint density at radius 1 is 1.00 bits per heavy atom. The maximum Gasteiger partial charge on any atom is 0.152 e. The average Bonchev–Trinajstić information content (AvgIpc) is 3.20. The van der Waals surface area contributed by atoms with Gasteiger partial charge >= 0.3 is 0 Å². The third kappa shape index (κ3) is 2.15. The fourth-order valence-electron chi connectivity index (χ4n) is 3.02. The number of nitrogens with two attached hydrogens (primary N) is 1. The van der Waals surface area contributed by atoms with Crippen LogP contribution in [-0.2, 0) is 0 Å². The van der Waals surface area contributed by atoms with Gasteiger partial charge in [0.25, 0.3) is 0 Å². The van der Waals surface area contributed by atoms with Crippen molar-refractivity contribution in [2.45, 2.75) is 19.9 Å². The third-order valence-electron chi connectivity index (χ3n) is 4.09. The van der Waals surface area contributed by atoms with Gasteiger partial charge in [0.05, 0.1) is 11.4 Å². The molecule has 120 valence electrons. The summed E-state index contributed by atoms with van der Waals surface area (Å²) in [6.07, 6.45) is 3.29. The first-order chi connectivity index (χ1) is 11.7. The van der Waals surface area contributed by atoms with Crippen LogP contribution in [0.15, 0.2) is 55.0 Å². The molecule has 6 nitrogen and oxygen atoms in total. The Morgan fingerprint density at radius 3 is 2.54 bits per heavy atom. The molecule has 0 saturated heterocycles. The zero-order valence-electron chi connectivity index (χ0n) is 13.6. The average molecular weight is 318 g/mol. The number of benzene rings is 1. The molecule has 4 rings (SSSR count). The van der Waals surface area contributed by atoms with Gasteiger partial charge in [-0.15, -0.1) is 0 Å². The van der Waals surface area contributed by atoms with E-state index in [1.807, 2.05) is 33.5 Å². The van der Waals surface area contributed by atoms with Crippen LogP contribution in [0.4, 0.5) is 5.82 Å². The second kappa shape index (κ2) is 5.49. The Kier molecular flexibility index (Phi) is 3.30. The highest BCUT2D eigenvalue weighted by molar-refractivity contribution is 5.90. The first kappa shape index (κ1) is 14.4. The van der Waals surface area contributed by atoms with Gasteiger partial charge in [-0.2, -0.15) is 10.2 Å². The number of nitrogen functional groups attached to an aromatic ring is 1. The number of anilines is 1. The normalized spacial score (nSPS) is 11.5. The summed E-state index contributed by atoms with van der Waals surface area (Å²) >= 11 is 0. The molecule has 1 aromatic carbocycles. The van der Waals surface area contributed by atoms with Gasteiger partial charge in [-0.3, -0.25) is 4.68 Å². The van der Waals surface area contributed by atoms with Crippen LogP contribution in [0.2, 0.25) is 0 Å². The van der Waals surface area contributed by atoms with Gasteiger partial charge in [0.2, 0.25) is 0 Å². The highest BCUT2D eigenvalue weighted by Crippen LogP contribution is 2.35. The molecule has 0 saturated carbocycles. The predicted molar refractivity (Wildman–Crippen MR) is 94.4 cm³/mol. The third-order valence-corrected chi connectivity index (χ3v) is 4.09. The van der Waals surface area contributed by atoms with E-state index in [0.717, 1.165) is 28.0 Å². The van der Waals surface area contributed by atoms with E-state index in [2.05, 4.69) is 47.2 Å². The highest BCUT2D eigenvalue weighted by Gasteiger charge is 2.19. The van der Waals surface area contributed by atoms with Crippen LogP contribution in [0.1, 0.15) is 19.9 Å². The molecule has 0 unspecified atom stereocenters. The fourth-order valence-corrected chi connectivity index (χ4v) is 3.02. The first-order valence-corrected chi connectivity index (χ1v) is 7.88. The molecule has 3 aromatic heterocycles. The van der Waals surface area contributed by atoms with Crippen molar-refractivity contribution in [1.29, 1.82) is 0 Å². The van der Waals surface area contributed by atoms with Crippen LogP contribution < -0.4 is 5.73 Å². The van der Waals surface area contributed by atoms with Gasteiger partial charge in [0.1, 0.15) is 11.8 Å². The van der Waals surface area contributed by atoms with Gasteiger partial charge in [0, 0.05) is 23.4 Å². The van der Waals surface area contributed by atoms with Crippen molar-refractivity contribution in [2.75, 3.05) is 5.73 Å². The molecule has 6 heteroatoms. The minimum Gasteiger partial charge on any atom is -0.382 e. The molecule has 0 aliphatic rings. The Balaban J connectivity index is 2.05. The summed E-state index contributed by atoms with van der Waals surface area (Å²) < 4.78 is 3.83. The molecule has 3 heterocycles. The van der Waals surface area contributed by atoms with Crippen LogP contribution in [0, 0.1) is 0 Å². The topological polar surface area (TPSA) is 74.0 Å². The molecule has 0 aliphatic carbocycles. The van der Waals surface area contributed by atoms with Gasteiger partial charge in [-0.1, -0.05) is 30.3 Å². The molecule has 0 atom stereocenters. The van der Waals surface area contributed by atoms with E-state index >= 15 is 0 Å². The van der Waals surface area contributed by atoms with Gasteiger partial charge < -0.3 is 5.73 Å². The number of nitrogens with zero attached hydrogens (tertiary/aromatic N) is 5. The van der Waals surface area contributed by atoms with Crippen LogP contribution in [0.5, 0.6) is 0 Å². The molecule has 2 N–H and O–H groups in total. The predicted octanol–water partition coefficient (Wildman–Crippen LogP) is 3.42. The van der Waals surface area contributed by atoms with Crippen molar-refractivity contribution in [2.24, 2.45) is 0 Å². The van der Waals surface area contributed by atoms with E-state index in [-0.39, 0.29) is 6.04 Å². The van der Waals surface area contributed by atoms with E-state index in [1.165, 1.54) is 6.33 Å². The quantitative estimate of drug-likeness (QED) is 0.628. The summed E-state index contributed by atoms with van der Waals surface area (Å²) in [6.45, 7) is 4.21. The van der Waals surface area contributed by atoms with E-state index in [4.69, 9.17) is 5.73 Å². The number of rotatable bonds is 3. The Labute approximate surface area is 139 Å². The lowest BCUT2D eigenvalue weighted by atomic mass is 10.1. The smallest absolute Gasteiger partial charge is 0.152 e. The number of hydrogen-bond acceptors (Lipinski definition) is 4. The zero-order valence-corrected chi connectivity index (χ0v) is 13.6. The number of fused-ring (bicyclic) bond motifs is 1. The molecule has 0 spiro atoms. The van der Waals surface area contributed by atoms with Crippen molar-refractivity contribution in [1.82, 2.24) is 24.4 Å². The maximum absolute atomic E-state index is 6.18. The van der Waals surface area contributed by atoms with Crippen molar-refractivity contribution < 1.29 is 0 Å². The van der Waals surface area contributed by atoms with Gasteiger partial charge in [-0.05, 0) is 26.0 Å². The summed E-state index contributed by atoms with van der Waals surface area (Å²) in [5.41, 5.74) is 11.0. The van der Waals surface area contributed by atoms with Gasteiger partial charge in [0.15, 0.2) is 5.82 Å². The minimum absolute atomic E-state index is 0.246. The molecule has 0 fully saturated rings. The van der Waals surface area contributed by atoms with Crippen LogP contribution in [0.3, 0.4) is 0 Å². The lowest BCUT2D eigenvalue weighted by molar-refractivity contribution is 0.539. The molecule has 0 radical (unpaired) electrons. The zero-order chi connectivity index (χ0) is 16.7. The monoisotopic (exact) mass is 318 g/mol. The Hall–Kier alpha value is -3.15. The standard InChI is InChI=1S/C18H18N6/c1-12(2)23-15(8-9-21-23)14-10-16(13-6-4-3-5-7-13)24-17(14)18(19)20-11-22-24/h3-12H,1-2H3,(H2,19,20,22). The van der Waals surface area contributed by atoms with Gasteiger partial charge in [-0.25, -0.2) is 9.50 Å². The van der Waals surface area contributed by atoms with Crippen molar-refractivity contribution in [3.05, 3.63) is 55.0 Å². The molecule has 0 bridgehead atoms. The first-order valence-electron chi connectivity index (χ1n) is 7.88. The molecule has 0 aliphatic heterocycles. The molecular weight excluding hydrogens is 300 g/mol. The van der Waals surface area contributed by atoms with E-state index in [0.29, 0.717) is 5.82 Å². The Morgan fingerprint density at radius 2 is 1.79 bits per heavy atom. The second-order valence-corrected chi connectivity index (χ2v) is 5.97. The summed E-state index contributed by atoms with van der Waals surface area (Å²) in [4.78, 5) is 4.18. The molecular formula is C18H18N6. The van der Waals surface area contributed by atoms with E-state index < -0.39 is 0 Å². The summed E-state index contributed by atoms with van der Waals surface area (Å²) in [6, 6.07) is 14.5. The highest BCUT2D eigenvalue weighted by atomic mass is 15.3. The minimum atomic E-state index is 0.246. The largest absolute Gasteiger partial charge is 0.382 e. The van der Waals surface area contributed by atoms with E-state index in [1.54, 1.807) is 6.20 Å². The summed E-state index contributed by atoms with van der Waals surface area (Å²) in [5, 5.41) is 8.86. The molecule has 24 heavy (non-hydrogen) atoms. The Bertz CT molecular complexity index is 997. The second-order valence-electron chi connectivity index (χ2n) is 5.97. The number of hydrogen-bond donors (Lipinski definition) is 1. The van der Waals surface area contributed by atoms with Crippen LogP contribution in [-0.4, -0.2) is 24.4 Å². The molecule has 4 aromatic rings. The van der Waals surface area contributed by atoms with Crippen molar-refractivity contribution >= 4 is 11.3 Å². The van der Waals surface area contributed by atoms with E-state index in [9.17, 15) is 0 Å². The summed E-state index contributed by atoms with van der Waals surface area (Å²) in [5.74, 6) is 0.457. The SMILES string of the molecule is CC(C)n1nccc1-c1cc(-c2ccccc2)n2ncnc(N)c12. The van der Waals surface area contributed by atoms with Crippen LogP contribution in [0.25, 0.3) is 28.0 Å². The summed E-state index contributed by atoms with van der Waals surface area (Å²) in [7, 11) is 0. The molecule has 0 amide bonds. The number of aromatic nitrogens is 5. The fraction of sp³-hybridized carbons (Fsp3) is 0.167. The van der Waals surface area contributed by atoms with Crippen LogP contribution >= 0.6 is 0 Å². The lowest BCUT2D eigenvalue weighted by Crippen LogP contribution is -2.05. The van der Waals surface area contributed by atoms with Crippen molar-refractivity contribution in [3.63, 3.8) is 0 Å². The lowest BCUT2D eigenvalue weighted by Gasteiger charge is -2.10.